The van der Waals surface area contributed by atoms with Gasteiger partial charge in [-0.05, 0) is 56.2 Å². The number of anilines is 1. The van der Waals surface area contributed by atoms with Gasteiger partial charge in [0.25, 0.3) is 5.91 Å². The van der Waals surface area contributed by atoms with E-state index >= 15 is 0 Å². The summed E-state index contributed by atoms with van der Waals surface area (Å²) in [6.07, 6.45) is 0. The van der Waals surface area contributed by atoms with Gasteiger partial charge in [-0.2, -0.15) is 0 Å². The van der Waals surface area contributed by atoms with Crippen LogP contribution in [0.1, 0.15) is 27.0 Å². The van der Waals surface area contributed by atoms with Crippen molar-refractivity contribution in [3.05, 3.63) is 64.7 Å². The summed E-state index contributed by atoms with van der Waals surface area (Å²) in [5.41, 5.74) is 5.87. The molecule has 1 fully saturated rings. The predicted molar refractivity (Wildman–Crippen MR) is 95.2 cm³/mol. The maximum atomic E-state index is 12.6. The van der Waals surface area contributed by atoms with E-state index < -0.39 is 0 Å². The molecule has 1 heterocycles. The molecule has 0 saturated carbocycles. The molecule has 0 N–H and O–H groups in total. The highest BCUT2D eigenvalue weighted by Crippen LogP contribution is 2.21. The number of hydrogen-bond donors (Lipinski definition) is 0. The quantitative estimate of drug-likeness (QED) is 0.846. The Balaban J connectivity index is 1.64. The number of piperazine rings is 1. The second-order valence-corrected chi connectivity index (χ2v) is 6.41. The molecule has 1 aliphatic rings. The molecule has 1 saturated heterocycles. The van der Waals surface area contributed by atoms with Gasteiger partial charge in [0.15, 0.2) is 0 Å². The zero-order valence-electron chi connectivity index (χ0n) is 14.2. The lowest BCUT2D eigenvalue weighted by Gasteiger charge is -2.36. The molecule has 0 aliphatic carbocycles. The third kappa shape index (κ3) is 3.39. The predicted octanol–water partition coefficient (Wildman–Crippen LogP) is 3.57. The van der Waals surface area contributed by atoms with E-state index in [1.165, 1.54) is 22.4 Å². The SMILES string of the molecule is Cc1ccc(C(=O)N2CCN(c3ccc(C)c(C)c3)CC2)cc1. The van der Waals surface area contributed by atoms with Crippen LogP contribution in [-0.4, -0.2) is 37.0 Å². The van der Waals surface area contributed by atoms with Crippen molar-refractivity contribution < 1.29 is 4.79 Å². The van der Waals surface area contributed by atoms with Gasteiger partial charge in [0.1, 0.15) is 0 Å². The summed E-state index contributed by atoms with van der Waals surface area (Å²) in [5.74, 6) is 0.143. The van der Waals surface area contributed by atoms with Crippen molar-refractivity contribution in [1.82, 2.24) is 4.90 Å². The highest BCUT2D eigenvalue weighted by molar-refractivity contribution is 5.94. The lowest BCUT2D eigenvalue weighted by Crippen LogP contribution is -2.48. The Bertz CT molecular complexity index is 698. The first-order chi connectivity index (χ1) is 11.0. The third-order valence-corrected chi connectivity index (χ3v) is 4.72. The first-order valence-corrected chi connectivity index (χ1v) is 8.23. The normalized spacial score (nSPS) is 14.9. The molecule has 0 bridgehead atoms. The molecule has 3 rings (SSSR count). The van der Waals surface area contributed by atoms with Crippen molar-refractivity contribution in [3.8, 4) is 0 Å². The topological polar surface area (TPSA) is 23.6 Å². The Morgan fingerprint density at radius 1 is 0.826 bits per heavy atom. The standard InChI is InChI=1S/C20H24N2O/c1-15-4-7-18(8-5-15)20(23)22-12-10-21(11-13-22)19-9-6-16(2)17(3)14-19/h4-9,14H,10-13H2,1-3H3. The Hall–Kier alpha value is -2.29. The monoisotopic (exact) mass is 308 g/mol. The van der Waals surface area contributed by atoms with E-state index in [0.29, 0.717) is 0 Å². The highest BCUT2D eigenvalue weighted by atomic mass is 16.2. The van der Waals surface area contributed by atoms with Gasteiger partial charge in [-0.3, -0.25) is 4.79 Å². The van der Waals surface area contributed by atoms with Crippen LogP contribution in [0.2, 0.25) is 0 Å². The Morgan fingerprint density at radius 3 is 2.09 bits per heavy atom. The molecular weight excluding hydrogens is 284 g/mol. The number of carbonyl (C=O) groups is 1. The first-order valence-electron chi connectivity index (χ1n) is 8.23. The van der Waals surface area contributed by atoms with Crippen LogP contribution in [-0.2, 0) is 0 Å². The molecule has 0 radical (unpaired) electrons. The van der Waals surface area contributed by atoms with Gasteiger partial charge in [0, 0.05) is 37.4 Å². The number of rotatable bonds is 2. The molecule has 120 valence electrons. The first kappa shape index (κ1) is 15.6. The van der Waals surface area contributed by atoms with Gasteiger partial charge in [-0.25, -0.2) is 0 Å². The number of hydrogen-bond acceptors (Lipinski definition) is 2. The van der Waals surface area contributed by atoms with Crippen molar-refractivity contribution in [2.24, 2.45) is 0 Å². The Labute approximate surface area is 138 Å². The fraction of sp³-hybridized carbons (Fsp3) is 0.350. The van der Waals surface area contributed by atoms with E-state index in [4.69, 9.17) is 0 Å². The van der Waals surface area contributed by atoms with E-state index in [-0.39, 0.29) is 5.91 Å². The number of nitrogens with zero attached hydrogens (tertiary/aromatic N) is 2. The number of benzene rings is 2. The van der Waals surface area contributed by atoms with Gasteiger partial charge in [0.05, 0.1) is 0 Å². The summed E-state index contributed by atoms with van der Waals surface area (Å²) in [7, 11) is 0. The third-order valence-electron chi connectivity index (χ3n) is 4.72. The fourth-order valence-electron chi connectivity index (χ4n) is 2.97. The van der Waals surface area contributed by atoms with E-state index in [2.05, 4.69) is 36.9 Å². The van der Waals surface area contributed by atoms with E-state index in [1.807, 2.05) is 36.1 Å². The molecule has 3 heteroatoms. The van der Waals surface area contributed by atoms with Crippen LogP contribution in [0.3, 0.4) is 0 Å². The number of aryl methyl sites for hydroxylation is 3. The summed E-state index contributed by atoms with van der Waals surface area (Å²) >= 11 is 0. The van der Waals surface area contributed by atoms with Crippen molar-refractivity contribution in [2.75, 3.05) is 31.1 Å². The van der Waals surface area contributed by atoms with E-state index in [1.54, 1.807) is 0 Å². The minimum atomic E-state index is 0.143. The van der Waals surface area contributed by atoms with Gasteiger partial charge in [-0.15, -0.1) is 0 Å². The average molecular weight is 308 g/mol. The van der Waals surface area contributed by atoms with Crippen LogP contribution >= 0.6 is 0 Å². The van der Waals surface area contributed by atoms with Gasteiger partial charge < -0.3 is 9.80 Å². The lowest BCUT2D eigenvalue weighted by atomic mass is 10.1. The molecule has 2 aromatic carbocycles. The highest BCUT2D eigenvalue weighted by Gasteiger charge is 2.22. The minimum Gasteiger partial charge on any atom is -0.368 e. The van der Waals surface area contributed by atoms with Crippen LogP contribution in [0.15, 0.2) is 42.5 Å². The van der Waals surface area contributed by atoms with Crippen LogP contribution in [0.25, 0.3) is 0 Å². The van der Waals surface area contributed by atoms with Gasteiger partial charge in [0.2, 0.25) is 0 Å². The van der Waals surface area contributed by atoms with Crippen LogP contribution in [0.4, 0.5) is 5.69 Å². The summed E-state index contributed by atoms with van der Waals surface area (Å²) in [4.78, 5) is 16.9. The number of amides is 1. The smallest absolute Gasteiger partial charge is 0.253 e. The van der Waals surface area contributed by atoms with Gasteiger partial charge >= 0.3 is 0 Å². The second kappa shape index (κ2) is 6.45. The molecule has 1 amide bonds. The molecule has 0 atom stereocenters. The molecule has 0 aromatic heterocycles. The fourth-order valence-corrected chi connectivity index (χ4v) is 2.97. The van der Waals surface area contributed by atoms with Gasteiger partial charge in [-0.1, -0.05) is 23.8 Å². The molecule has 0 unspecified atom stereocenters. The Morgan fingerprint density at radius 2 is 1.48 bits per heavy atom. The Kier molecular flexibility index (Phi) is 4.37. The van der Waals surface area contributed by atoms with Crippen LogP contribution in [0, 0.1) is 20.8 Å². The maximum absolute atomic E-state index is 12.6. The minimum absolute atomic E-state index is 0.143. The van der Waals surface area contributed by atoms with Crippen molar-refractivity contribution >= 4 is 11.6 Å². The van der Waals surface area contributed by atoms with Crippen LogP contribution in [0.5, 0.6) is 0 Å². The van der Waals surface area contributed by atoms with E-state index in [0.717, 1.165) is 31.7 Å². The maximum Gasteiger partial charge on any atom is 0.253 e. The molecule has 2 aromatic rings. The van der Waals surface area contributed by atoms with E-state index in [9.17, 15) is 4.79 Å². The largest absolute Gasteiger partial charge is 0.368 e. The zero-order valence-corrected chi connectivity index (χ0v) is 14.2. The summed E-state index contributed by atoms with van der Waals surface area (Å²) in [5, 5.41) is 0. The number of carbonyl (C=O) groups excluding carboxylic acids is 1. The molecule has 3 nitrogen and oxygen atoms in total. The van der Waals surface area contributed by atoms with Crippen molar-refractivity contribution in [2.45, 2.75) is 20.8 Å². The average Bonchev–Trinajstić information content (AvgIpc) is 2.57. The van der Waals surface area contributed by atoms with Crippen molar-refractivity contribution in [1.29, 1.82) is 0 Å². The zero-order chi connectivity index (χ0) is 16.4. The lowest BCUT2D eigenvalue weighted by molar-refractivity contribution is 0.0747. The molecular formula is C20H24N2O. The summed E-state index contributed by atoms with van der Waals surface area (Å²) in [6, 6.07) is 14.4. The summed E-state index contributed by atoms with van der Waals surface area (Å²) in [6.45, 7) is 9.66. The summed E-state index contributed by atoms with van der Waals surface area (Å²) < 4.78 is 0. The molecule has 1 aliphatic heterocycles. The molecule has 0 spiro atoms. The second-order valence-electron chi connectivity index (χ2n) is 6.41. The van der Waals surface area contributed by atoms with Crippen LogP contribution < -0.4 is 4.90 Å². The molecule has 23 heavy (non-hydrogen) atoms. The van der Waals surface area contributed by atoms with Crippen molar-refractivity contribution in [3.63, 3.8) is 0 Å².